The minimum Gasteiger partial charge on any atom is -0.208 e. The summed E-state index contributed by atoms with van der Waals surface area (Å²) in [6, 6.07) is 12.6. The Morgan fingerprint density at radius 2 is 1.82 bits per heavy atom. The molecule has 2 aromatic rings. The highest BCUT2D eigenvalue weighted by molar-refractivity contribution is 7.89. The van der Waals surface area contributed by atoms with Crippen LogP contribution in [0.1, 0.15) is 23.1 Å². The molecule has 0 heterocycles. The maximum Gasteiger partial charge on any atom is 0.240 e. The van der Waals surface area contributed by atoms with E-state index in [9.17, 15) is 8.42 Å². The van der Waals surface area contributed by atoms with Crippen molar-refractivity contribution in [3.05, 3.63) is 64.2 Å². The first-order valence-electron chi connectivity index (χ1n) is 7.30. The third-order valence-corrected chi connectivity index (χ3v) is 5.82. The number of hydrogen-bond donors (Lipinski definition) is 1. The molecule has 0 saturated heterocycles. The summed E-state index contributed by atoms with van der Waals surface area (Å²) in [7, 11) is -3.50. The minimum atomic E-state index is -3.50. The summed E-state index contributed by atoms with van der Waals surface area (Å²) in [6.07, 6.45) is 2.47. The van der Waals surface area contributed by atoms with Crippen molar-refractivity contribution in [2.75, 3.05) is 0 Å². The quantitative estimate of drug-likeness (QED) is 0.933. The molecule has 1 aliphatic carbocycles. The van der Waals surface area contributed by atoms with Crippen molar-refractivity contribution in [1.29, 1.82) is 0 Å². The maximum absolute atomic E-state index is 12.4. The van der Waals surface area contributed by atoms with Crippen LogP contribution < -0.4 is 4.72 Å². The fourth-order valence-corrected chi connectivity index (χ4v) is 4.28. The number of benzene rings is 2. The van der Waals surface area contributed by atoms with Crippen LogP contribution in [0.4, 0.5) is 0 Å². The van der Waals surface area contributed by atoms with Crippen LogP contribution in [0.5, 0.6) is 0 Å². The summed E-state index contributed by atoms with van der Waals surface area (Å²) in [6.45, 7) is 2.08. The Kier molecular flexibility index (Phi) is 4.26. The van der Waals surface area contributed by atoms with Gasteiger partial charge in [0.05, 0.1) is 4.90 Å². The first kappa shape index (κ1) is 15.5. The Balaban J connectivity index is 1.76. The second-order valence-electron chi connectivity index (χ2n) is 5.79. The topological polar surface area (TPSA) is 46.2 Å². The zero-order chi connectivity index (χ0) is 15.7. The molecule has 1 atom stereocenters. The monoisotopic (exact) mass is 335 g/mol. The predicted octanol–water partition coefficient (Wildman–Crippen LogP) is 3.48. The van der Waals surface area contributed by atoms with E-state index in [2.05, 4.69) is 29.8 Å². The lowest BCUT2D eigenvalue weighted by Gasteiger charge is -2.25. The molecule has 1 N–H and O–H groups in total. The Morgan fingerprint density at radius 3 is 2.55 bits per heavy atom. The van der Waals surface area contributed by atoms with E-state index >= 15 is 0 Å². The zero-order valence-corrected chi connectivity index (χ0v) is 13.9. The Morgan fingerprint density at radius 1 is 1.09 bits per heavy atom. The summed E-state index contributed by atoms with van der Waals surface area (Å²) in [5.74, 6) is 0. The van der Waals surface area contributed by atoms with Crippen molar-refractivity contribution in [2.24, 2.45) is 0 Å². The lowest BCUT2D eigenvalue weighted by molar-refractivity contribution is 0.507. The summed E-state index contributed by atoms with van der Waals surface area (Å²) >= 11 is 5.81. The van der Waals surface area contributed by atoms with E-state index in [1.807, 2.05) is 0 Å². The standard InChI is InChI=1S/C17H18ClNO2S/c1-12-2-3-14-11-16(7-4-13(14)10-12)19-22(20,21)17-8-5-15(18)6-9-17/h2-3,5-6,8-10,16,19H,4,7,11H2,1H3/t16-/m1/s1. The third-order valence-electron chi connectivity index (χ3n) is 4.04. The third kappa shape index (κ3) is 3.35. The molecule has 2 aromatic carbocycles. The Bertz CT molecular complexity index is 785. The molecule has 22 heavy (non-hydrogen) atoms. The van der Waals surface area contributed by atoms with Gasteiger partial charge in [0, 0.05) is 11.1 Å². The largest absolute Gasteiger partial charge is 0.240 e. The van der Waals surface area contributed by atoms with Crippen LogP contribution >= 0.6 is 11.6 Å². The van der Waals surface area contributed by atoms with Gasteiger partial charge in [-0.15, -0.1) is 0 Å². The van der Waals surface area contributed by atoms with E-state index in [1.165, 1.54) is 28.8 Å². The summed E-state index contributed by atoms with van der Waals surface area (Å²) in [4.78, 5) is 0.256. The molecule has 0 bridgehead atoms. The Labute approximate surface area is 136 Å². The molecular formula is C17H18ClNO2S. The van der Waals surface area contributed by atoms with Crippen molar-refractivity contribution < 1.29 is 8.42 Å². The summed E-state index contributed by atoms with van der Waals surface area (Å²) in [5, 5.41) is 0.529. The highest BCUT2D eigenvalue weighted by atomic mass is 35.5. The van der Waals surface area contributed by atoms with Crippen LogP contribution in [0.3, 0.4) is 0 Å². The second kappa shape index (κ2) is 6.03. The number of nitrogens with one attached hydrogen (secondary N) is 1. The molecule has 0 aliphatic heterocycles. The molecule has 0 saturated carbocycles. The van der Waals surface area contributed by atoms with E-state index in [0.717, 1.165) is 19.3 Å². The number of aryl methyl sites for hydroxylation is 2. The second-order valence-corrected chi connectivity index (χ2v) is 7.94. The average Bonchev–Trinajstić information content (AvgIpc) is 2.47. The van der Waals surface area contributed by atoms with E-state index in [-0.39, 0.29) is 10.9 Å². The van der Waals surface area contributed by atoms with Gasteiger partial charge in [0.25, 0.3) is 0 Å². The molecule has 0 aromatic heterocycles. The molecule has 0 fully saturated rings. The van der Waals surface area contributed by atoms with Crippen LogP contribution in [0.2, 0.25) is 5.02 Å². The highest BCUT2D eigenvalue weighted by Crippen LogP contribution is 2.24. The molecular weight excluding hydrogens is 318 g/mol. The van der Waals surface area contributed by atoms with Gasteiger partial charge in [-0.3, -0.25) is 0 Å². The molecule has 0 amide bonds. The van der Waals surface area contributed by atoms with E-state index in [4.69, 9.17) is 11.6 Å². The molecule has 3 rings (SSSR count). The van der Waals surface area contributed by atoms with Gasteiger partial charge in [-0.1, -0.05) is 35.4 Å². The maximum atomic E-state index is 12.4. The van der Waals surface area contributed by atoms with Crippen molar-refractivity contribution in [2.45, 2.75) is 37.1 Å². The van der Waals surface area contributed by atoms with Crippen LogP contribution in [-0.2, 0) is 22.9 Å². The van der Waals surface area contributed by atoms with Crippen molar-refractivity contribution in [1.82, 2.24) is 4.72 Å². The van der Waals surface area contributed by atoms with Gasteiger partial charge in [0.15, 0.2) is 0 Å². The van der Waals surface area contributed by atoms with Crippen LogP contribution in [0.25, 0.3) is 0 Å². The average molecular weight is 336 g/mol. The molecule has 116 valence electrons. The van der Waals surface area contributed by atoms with Gasteiger partial charge in [0.2, 0.25) is 10.0 Å². The number of sulfonamides is 1. The number of hydrogen-bond acceptors (Lipinski definition) is 2. The fourth-order valence-electron chi connectivity index (χ4n) is 2.89. The molecule has 0 radical (unpaired) electrons. The predicted molar refractivity (Wildman–Crippen MR) is 88.8 cm³/mol. The lowest BCUT2D eigenvalue weighted by atomic mass is 9.88. The van der Waals surface area contributed by atoms with E-state index in [0.29, 0.717) is 5.02 Å². The molecule has 5 heteroatoms. The molecule has 0 unspecified atom stereocenters. The SMILES string of the molecule is Cc1ccc2c(c1)CC[C@@H](NS(=O)(=O)c1ccc(Cl)cc1)C2. The van der Waals surface area contributed by atoms with Crippen LogP contribution in [0, 0.1) is 6.92 Å². The van der Waals surface area contributed by atoms with E-state index < -0.39 is 10.0 Å². The van der Waals surface area contributed by atoms with Gasteiger partial charge in [-0.2, -0.15) is 0 Å². The number of fused-ring (bicyclic) bond motifs is 1. The first-order chi connectivity index (χ1) is 10.4. The number of rotatable bonds is 3. The van der Waals surface area contributed by atoms with Gasteiger partial charge >= 0.3 is 0 Å². The molecule has 1 aliphatic rings. The van der Waals surface area contributed by atoms with Gasteiger partial charge in [0.1, 0.15) is 0 Å². The summed E-state index contributed by atoms with van der Waals surface area (Å²) in [5.41, 5.74) is 3.82. The van der Waals surface area contributed by atoms with Gasteiger partial charge in [-0.25, -0.2) is 13.1 Å². The smallest absolute Gasteiger partial charge is 0.208 e. The van der Waals surface area contributed by atoms with Crippen LogP contribution in [-0.4, -0.2) is 14.5 Å². The number of halogens is 1. The summed E-state index contributed by atoms with van der Waals surface area (Å²) < 4.78 is 27.7. The molecule has 3 nitrogen and oxygen atoms in total. The Hall–Kier alpha value is -1.36. The fraction of sp³-hybridized carbons (Fsp3) is 0.294. The van der Waals surface area contributed by atoms with Gasteiger partial charge < -0.3 is 0 Å². The van der Waals surface area contributed by atoms with Crippen molar-refractivity contribution >= 4 is 21.6 Å². The normalized spacial score (nSPS) is 18.0. The van der Waals surface area contributed by atoms with Crippen LogP contribution in [0.15, 0.2) is 47.4 Å². The van der Waals surface area contributed by atoms with Gasteiger partial charge in [-0.05, 0) is 61.6 Å². The highest BCUT2D eigenvalue weighted by Gasteiger charge is 2.24. The van der Waals surface area contributed by atoms with E-state index in [1.54, 1.807) is 12.1 Å². The van der Waals surface area contributed by atoms with Crippen molar-refractivity contribution in [3.8, 4) is 0 Å². The minimum absolute atomic E-state index is 0.0594. The first-order valence-corrected chi connectivity index (χ1v) is 9.16. The zero-order valence-electron chi connectivity index (χ0n) is 12.3. The van der Waals surface area contributed by atoms with Crippen molar-refractivity contribution in [3.63, 3.8) is 0 Å². The molecule has 0 spiro atoms. The lowest BCUT2D eigenvalue weighted by Crippen LogP contribution is -2.38.